The van der Waals surface area contributed by atoms with Crippen LogP contribution in [0.5, 0.6) is 5.75 Å². The summed E-state index contributed by atoms with van der Waals surface area (Å²) in [4.78, 5) is 40.8. The second-order valence-electron chi connectivity index (χ2n) is 8.54. The monoisotopic (exact) mass is 484 g/mol. The van der Waals surface area contributed by atoms with Crippen LogP contribution in [-0.4, -0.2) is 47.5 Å². The van der Waals surface area contributed by atoms with Gasteiger partial charge >= 0.3 is 6.03 Å². The lowest BCUT2D eigenvalue weighted by molar-refractivity contribution is -0.135. The average Bonchev–Trinajstić information content (AvgIpc) is 2.81. The largest absolute Gasteiger partial charge is 0.494 e. The molecule has 2 fully saturated rings. The van der Waals surface area contributed by atoms with E-state index in [1.807, 2.05) is 6.92 Å². The van der Waals surface area contributed by atoms with Crippen LogP contribution < -0.4 is 20.7 Å². The SMILES string of the molecule is CCOc1ccc(NC(=O)C[C@@H]2C(=O)N[C@H]3CCCC[C@@H]3N2C(=O)Nc2cccc(Cl)c2)cc1. The van der Waals surface area contributed by atoms with E-state index in [9.17, 15) is 14.4 Å². The Morgan fingerprint density at radius 2 is 1.85 bits per heavy atom. The number of nitrogens with zero attached hydrogens (tertiary/aromatic N) is 1. The molecule has 1 aliphatic heterocycles. The summed E-state index contributed by atoms with van der Waals surface area (Å²) < 4.78 is 5.42. The third-order valence-corrected chi connectivity index (χ3v) is 6.43. The van der Waals surface area contributed by atoms with Crippen molar-refractivity contribution in [1.82, 2.24) is 10.2 Å². The first-order valence-corrected chi connectivity index (χ1v) is 12.0. The van der Waals surface area contributed by atoms with Crippen molar-refractivity contribution in [2.75, 3.05) is 17.2 Å². The lowest BCUT2D eigenvalue weighted by Crippen LogP contribution is -2.68. The molecule has 0 aromatic heterocycles. The molecule has 0 bridgehead atoms. The van der Waals surface area contributed by atoms with Gasteiger partial charge in [-0.3, -0.25) is 9.59 Å². The molecule has 2 aliphatic rings. The quantitative estimate of drug-likeness (QED) is 0.565. The summed E-state index contributed by atoms with van der Waals surface area (Å²) in [5, 5.41) is 9.21. The van der Waals surface area contributed by atoms with Gasteiger partial charge in [-0.1, -0.05) is 30.5 Å². The Balaban J connectivity index is 1.51. The fourth-order valence-corrected chi connectivity index (χ4v) is 4.87. The van der Waals surface area contributed by atoms with Crippen molar-refractivity contribution in [1.29, 1.82) is 0 Å². The molecule has 0 radical (unpaired) electrons. The highest BCUT2D eigenvalue weighted by Crippen LogP contribution is 2.30. The molecule has 0 unspecified atom stereocenters. The van der Waals surface area contributed by atoms with E-state index >= 15 is 0 Å². The van der Waals surface area contributed by atoms with Crippen molar-refractivity contribution >= 4 is 40.8 Å². The summed E-state index contributed by atoms with van der Waals surface area (Å²) in [5.74, 6) is 0.0460. The number of hydrogen-bond donors (Lipinski definition) is 3. The fourth-order valence-electron chi connectivity index (χ4n) is 4.68. The first-order chi connectivity index (χ1) is 16.4. The molecule has 1 heterocycles. The number of fused-ring (bicyclic) bond motifs is 1. The van der Waals surface area contributed by atoms with Gasteiger partial charge in [-0.25, -0.2) is 4.79 Å². The highest BCUT2D eigenvalue weighted by molar-refractivity contribution is 6.30. The van der Waals surface area contributed by atoms with E-state index in [-0.39, 0.29) is 30.3 Å². The lowest BCUT2D eigenvalue weighted by atomic mass is 9.85. The summed E-state index contributed by atoms with van der Waals surface area (Å²) >= 11 is 6.06. The molecule has 8 nitrogen and oxygen atoms in total. The molecule has 0 spiro atoms. The molecular weight excluding hydrogens is 456 g/mol. The van der Waals surface area contributed by atoms with Crippen LogP contribution in [0, 0.1) is 0 Å². The van der Waals surface area contributed by atoms with Crippen molar-refractivity contribution in [3.8, 4) is 5.75 Å². The second-order valence-corrected chi connectivity index (χ2v) is 8.98. The van der Waals surface area contributed by atoms with Gasteiger partial charge in [-0.15, -0.1) is 0 Å². The number of carbonyl (C=O) groups is 3. The molecule has 3 atom stereocenters. The Hall–Kier alpha value is -3.26. The van der Waals surface area contributed by atoms with Gasteiger partial charge < -0.3 is 25.6 Å². The Morgan fingerprint density at radius 1 is 1.09 bits per heavy atom. The van der Waals surface area contributed by atoms with Gasteiger partial charge in [0.15, 0.2) is 0 Å². The molecule has 1 saturated heterocycles. The van der Waals surface area contributed by atoms with Crippen molar-refractivity contribution in [3.63, 3.8) is 0 Å². The number of hydrogen-bond acceptors (Lipinski definition) is 4. The standard InChI is InChI=1S/C25H29ClN4O4/c1-2-34-19-12-10-17(11-13-19)27-23(31)15-22-24(32)29-20-8-3-4-9-21(20)30(22)25(33)28-18-7-5-6-16(26)14-18/h5-7,10-14,20-22H,2-4,8-9,15H2,1H3,(H,27,31)(H,28,33)(H,29,32)/t20-,21-,22+/m0/s1. The molecular formula is C25H29ClN4O4. The van der Waals surface area contributed by atoms with Crippen LogP contribution in [0.15, 0.2) is 48.5 Å². The first kappa shape index (κ1) is 23.9. The molecule has 9 heteroatoms. The molecule has 180 valence electrons. The Labute approximate surface area is 204 Å². The van der Waals surface area contributed by atoms with E-state index in [1.165, 1.54) is 0 Å². The highest BCUT2D eigenvalue weighted by atomic mass is 35.5. The lowest BCUT2D eigenvalue weighted by Gasteiger charge is -2.47. The molecule has 4 amide bonds. The summed E-state index contributed by atoms with van der Waals surface area (Å²) in [7, 11) is 0. The van der Waals surface area contributed by atoms with Gasteiger partial charge in [-0.05, 0) is 62.2 Å². The zero-order valence-corrected chi connectivity index (χ0v) is 19.8. The maximum Gasteiger partial charge on any atom is 0.322 e. The van der Waals surface area contributed by atoms with Gasteiger partial charge in [0.1, 0.15) is 11.8 Å². The molecule has 3 N–H and O–H groups in total. The van der Waals surface area contributed by atoms with Crippen LogP contribution in [0.4, 0.5) is 16.2 Å². The number of halogens is 1. The molecule has 34 heavy (non-hydrogen) atoms. The predicted molar refractivity (Wildman–Crippen MR) is 131 cm³/mol. The molecule has 1 aliphatic carbocycles. The minimum Gasteiger partial charge on any atom is -0.494 e. The number of nitrogens with one attached hydrogen (secondary N) is 3. The van der Waals surface area contributed by atoms with Crippen LogP contribution in [0.2, 0.25) is 5.02 Å². The fraction of sp³-hybridized carbons (Fsp3) is 0.400. The van der Waals surface area contributed by atoms with Gasteiger partial charge in [0, 0.05) is 22.4 Å². The number of ether oxygens (including phenoxy) is 1. The zero-order chi connectivity index (χ0) is 24.1. The van der Waals surface area contributed by atoms with Crippen molar-refractivity contribution in [2.24, 2.45) is 0 Å². The van der Waals surface area contributed by atoms with Gasteiger partial charge in [0.2, 0.25) is 11.8 Å². The minimum atomic E-state index is -0.916. The number of urea groups is 1. The predicted octanol–water partition coefficient (Wildman–Crippen LogP) is 4.41. The Kier molecular flexibility index (Phi) is 7.57. The van der Waals surface area contributed by atoms with Crippen molar-refractivity contribution < 1.29 is 19.1 Å². The number of carbonyl (C=O) groups excluding carboxylic acids is 3. The normalized spacial score (nSPS) is 21.8. The summed E-state index contributed by atoms with van der Waals surface area (Å²) in [6.07, 6.45) is 3.38. The van der Waals surface area contributed by atoms with Gasteiger partial charge in [0.25, 0.3) is 0 Å². The number of piperazine rings is 1. The molecule has 2 aromatic carbocycles. The third-order valence-electron chi connectivity index (χ3n) is 6.19. The highest BCUT2D eigenvalue weighted by Gasteiger charge is 2.46. The third kappa shape index (κ3) is 5.62. The van der Waals surface area contributed by atoms with Crippen molar-refractivity contribution in [2.45, 2.75) is 57.2 Å². The maximum atomic E-state index is 13.4. The van der Waals surface area contributed by atoms with Crippen LogP contribution in [0.1, 0.15) is 39.0 Å². The summed E-state index contributed by atoms with van der Waals surface area (Å²) in [6, 6.07) is 12.3. The number of amides is 4. The summed E-state index contributed by atoms with van der Waals surface area (Å²) in [6.45, 7) is 2.45. The smallest absolute Gasteiger partial charge is 0.322 e. The van der Waals surface area contributed by atoms with E-state index in [0.717, 1.165) is 25.7 Å². The van der Waals surface area contributed by atoms with E-state index in [2.05, 4.69) is 16.0 Å². The summed E-state index contributed by atoms with van der Waals surface area (Å²) in [5.41, 5.74) is 1.13. The molecule has 2 aromatic rings. The second kappa shape index (κ2) is 10.8. The average molecular weight is 485 g/mol. The van der Waals surface area contributed by atoms with Crippen LogP contribution in [-0.2, 0) is 9.59 Å². The topological polar surface area (TPSA) is 99.8 Å². The van der Waals surface area contributed by atoms with Crippen LogP contribution >= 0.6 is 11.6 Å². The van der Waals surface area contributed by atoms with E-state index in [1.54, 1.807) is 53.4 Å². The molecule has 1 saturated carbocycles. The van der Waals surface area contributed by atoms with Gasteiger partial charge in [0.05, 0.1) is 19.1 Å². The van der Waals surface area contributed by atoms with Crippen LogP contribution in [0.3, 0.4) is 0 Å². The van der Waals surface area contributed by atoms with Crippen molar-refractivity contribution in [3.05, 3.63) is 53.6 Å². The number of rotatable bonds is 6. The Morgan fingerprint density at radius 3 is 2.59 bits per heavy atom. The zero-order valence-electron chi connectivity index (χ0n) is 19.1. The van der Waals surface area contributed by atoms with E-state index in [4.69, 9.17) is 16.3 Å². The Bertz CT molecular complexity index is 1050. The van der Waals surface area contributed by atoms with E-state index in [0.29, 0.717) is 28.8 Å². The van der Waals surface area contributed by atoms with Gasteiger partial charge in [-0.2, -0.15) is 0 Å². The number of benzene rings is 2. The first-order valence-electron chi connectivity index (χ1n) is 11.6. The van der Waals surface area contributed by atoms with Crippen LogP contribution in [0.25, 0.3) is 0 Å². The molecule has 4 rings (SSSR count). The number of anilines is 2. The maximum absolute atomic E-state index is 13.4. The van der Waals surface area contributed by atoms with E-state index < -0.39 is 12.1 Å². The minimum absolute atomic E-state index is 0.114.